The van der Waals surface area contributed by atoms with Gasteiger partial charge in [-0.3, -0.25) is 9.97 Å². The van der Waals surface area contributed by atoms with E-state index in [9.17, 15) is 0 Å². The van der Waals surface area contributed by atoms with Crippen LogP contribution in [0, 0.1) is 0 Å². The zero-order chi connectivity index (χ0) is 16.4. The minimum absolute atomic E-state index is 0.253. The Labute approximate surface area is 140 Å². The average Bonchev–Trinajstić information content (AvgIpc) is 3.07. The summed E-state index contributed by atoms with van der Waals surface area (Å²) < 4.78 is 0. The van der Waals surface area contributed by atoms with Gasteiger partial charge in [0.25, 0.3) is 0 Å². The second-order valence-electron chi connectivity index (χ2n) is 6.07. The maximum atomic E-state index is 5.99. The van der Waals surface area contributed by atoms with E-state index >= 15 is 0 Å². The van der Waals surface area contributed by atoms with Crippen LogP contribution in [0.3, 0.4) is 0 Å². The summed E-state index contributed by atoms with van der Waals surface area (Å²) in [6, 6.07) is 12.2. The summed E-state index contributed by atoms with van der Waals surface area (Å²) in [4.78, 5) is 15.8. The van der Waals surface area contributed by atoms with Gasteiger partial charge < -0.3 is 16.0 Å². The maximum Gasteiger partial charge on any atom is 0.128 e. The summed E-state index contributed by atoms with van der Waals surface area (Å²) in [5.74, 6) is 1.000. The molecule has 3 N–H and O–H groups in total. The molecule has 1 unspecified atom stereocenters. The first-order chi connectivity index (χ1) is 11.8. The molecule has 4 heterocycles. The molecule has 1 atom stereocenters. The van der Waals surface area contributed by atoms with Crippen molar-refractivity contribution in [3.8, 4) is 0 Å². The van der Waals surface area contributed by atoms with E-state index in [0.717, 1.165) is 47.7 Å². The second-order valence-corrected chi connectivity index (χ2v) is 6.07. The van der Waals surface area contributed by atoms with Crippen LogP contribution >= 0.6 is 0 Å². The van der Waals surface area contributed by atoms with Gasteiger partial charge in [-0.25, -0.2) is 4.98 Å². The molecule has 3 aromatic heterocycles. The maximum absolute atomic E-state index is 5.99. The Balaban J connectivity index is 1.51. The zero-order valence-corrected chi connectivity index (χ0v) is 13.4. The summed E-state index contributed by atoms with van der Waals surface area (Å²) in [5, 5.41) is 3.42. The molecule has 6 nitrogen and oxygen atoms in total. The van der Waals surface area contributed by atoms with E-state index in [4.69, 9.17) is 10.7 Å². The third-order valence-electron chi connectivity index (χ3n) is 4.30. The Morgan fingerprint density at radius 1 is 1.12 bits per heavy atom. The van der Waals surface area contributed by atoms with E-state index in [0.29, 0.717) is 6.54 Å². The van der Waals surface area contributed by atoms with Gasteiger partial charge in [0.15, 0.2) is 0 Å². The van der Waals surface area contributed by atoms with Crippen LogP contribution in [0.4, 0.5) is 11.5 Å². The van der Waals surface area contributed by atoms with Crippen LogP contribution in [0.15, 0.2) is 48.8 Å². The molecule has 0 spiro atoms. The molecule has 0 amide bonds. The van der Waals surface area contributed by atoms with Crippen LogP contribution < -0.4 is 16.0 Å². The molecule has 24 heavy (non-hydrogen) atoms. The molecule has 1 fully saturated rings. The smallest absolute Gasteiger partial charge is 0.128 e. The third kappa shape index (κ3) is 3.00. The monoisotopic (exact) mass is 320 g/mol. The van der Waals surface area contributed by atoms with Gasteiger partial charge in [-0.1, -0.05) is 6.07 Å². The fourth-order valence-electron chi connectivity index (χ4n) is 3.04. The zero-order valence-electron chi connectivity index (χ0n) is 13.4. The largest absolute Gasteiger partial charge is 0.378 e. The quantitative estimate of drug-likeness (QED) is 0.767. The number of pyridine rings is 3. The molecule has 4 rings (SSSR count). The van der Waals surface area contributed by atoms with Crippen LogP contribution in [0.1, 0.15) is 12.1 Å². The van der Waals surface area contributed by atoms with Gasteiger partial charge in [0, 0.05) is 31.5 Å². The van der Waals surface area contributed by atoms with E-state index in [1.165, 1.54) is 0 Å². The van der Waals surface area contributed by atoms with Gasteiger partial charge in [-0.15, -0.1) is 0 Å². The first-order valence-electron chi connectivity index (χ1n) is 8.20. The molecule has 0 bridgehead atoms. The molecule has 122 valence electrons. The van der Waals surface area contributed by atoms with Crippen LogP contribution in [-0.4, -0.2) is 34.1 Å². The Kier molecular flexibility index (Phi) is 3.96. The number of nitrogens with zero attached hydrogens (tertiary/aromatic N) is 4. The molecule has 0 aliphatic carbocycles. The van der Waals surface area contributed by atoms with Gasteiger partial charge in [-0.05, 0) is 36.8 Å². The lowest BCUT2D eigenvalue weighted by atomic mass is 10.2. The topological polar surface area (TPSA) is 80.0 Å². The SMILES string of the molecule is NC1CCN(c2cccc(CNc3ccnc4cccnc34)n2)C1. The van der Waals surface area contributed by atoms with Crippen LogP contribution in [-0.2, 0) is 6.54 Å². The van der Waals surface area contributed by atoms with Crippen LogP contribution in [0.2, 0.25) is 0 Å². The minimum Gasteiger partial charge on any atom is -0.378 e. The van der Waals surface area contributed by atoms with Crippen molar-refractivity contribution in [3.63, 3.8) is 0 Å². The summed E-state index contributed by atoms with van der Waals surface area (Å²) >= 11 is 0. The molecule has 1 aliphatic heterocycles. The van der Waals surface area contributed by atoms with Gasteiger partial charge >= 0.3 is 0 Å². The molecule has 0 aromatic carbocycles. The molecule has 0 radical (unpaired) electrons. The van der Waals surface area contributed by atoms with Crippen molar-refractivity contribution in [1.82, 2.24) is 15.0 Å². The number of fused-ring (bicyclic) bond motifs is 1. The Hall–Kier alpha value is -2.73. The van der Waals surface area contributed by atoms with E-state index in [1.54, 1.807) is 12.4 Å². The van der Waals surface area contributed by atoms with E-state index < -0.39 is 0 Å². The number of aromatic nitrogens is 3. The summed E-state index contributed by atoms with van der Waals surface area (Å²) in [6.45, 7) is 2.50. The highest BCUT2D eigenvalue weighted by Crippen LogP contribution is 2.20. The van der Waals surface area contributed by atoms with Gasteiger partial charge in [-0.2, -0.15) is 0 Å². The average molecular weight is 320 g/mol. The highest BCUT2D eigenvalue weighted by atomic mass is 15.2. The Bertz CT molecular complexity index is 844. The Morgan fingerprint density at radius 3 is 2.96 bits per heavy atom. The number of hydrogen-bond acceptors (Lipinski definition) is 6. The van der Waals surface area contributed by atoms with Gasteiger partial charge in [0.2, 0.25) is 0 Å². The molecular formula is C18H20N6. The van der Waals surface area contributed by atoms with Crippen molar-refractivity contribution >= 4 is 22.5 Å². The summed E-state index contributed by atoms with van der Waals surface area (Å²) in [5.41, 5.74) is 9.72. The predicted molar refractivity (Wildman–Crippen MR) is 95.9 cm³/mol. The molecule has 0 saturated carbocycles. The lowest BCUT2D eigenvalue weighted by Crippen LogP contribution is -2.27. The standard InChI is InChI=1S/C18H20N6/c19-13-7-10-24(12-13)17-5-1-3-14(23-17)11-22-16-6-9-20-15-4-2-8-21-18(15)16/h1-6,8-9,13H,7,10-12,19H2,(H,20,22). The minimum atomic E-state index is 0.253. The van der Waals surface area contributed by atoms with E-state index in [-0.39, 0.29) is 6.04 Å². The molecular weight excluding hydrogens is 300 g/mol. The van der Waals surface area contributed by atoms with Crippen LogP contribution in [0.5, 0.6) is 0 Å². The summed E-state index contributed by atoms with van der Waals surface area (Å²) in [6.07, 6.45) is 4.60. The number of nitrogens with two attached hydrogens (primary N) is 1. The van der Waals surface area contributed by atoms with Crippen molar-refractivity contribution in [1.29, 1.82) is 0 Å². The molecule has 6 heteroatoms. The highest BCUT2D eigenvalue weighted by Gasteiger charge is 2.20. The second kappa shape index (κ2) is 6.41. The van der Waals surface area contributed by atoms with Crippen molar-refractivity contribution in [2.24, 2.45) is 5.73 Å². The molecule has 1 aliphatic rings. The summed E-state index contributed by atoms with van der Waals surface area (Å²) in [7, 11) is 0. The lowest BCUT2D eigenvalue weighted by Gasteiger charge is -2.17. The number of hydrogen-bond donors (Lipinski definition) is 2. The van der Waals surface area contributed by atoms with Gasteiger partial charge in [0.05, 0.1) is 23.4 Å². The number of anilines is 2. The van der Waals surface area contributed by atoms with E-state index in [1.807, 2.05) is 36.4 Å². The van der Waals surface area contributed by atoms with Crippen LogP contribution in [0.25, 0.3) is 11.0 Å². The van der Waals surface area contributed by atoms with Crippen molar-refractivity contribution in [2.45, 2.75) is 19.0 Å². The molecule has 3 aromatic rings. The van der Waals surface area contributed by atoms with Crippen molar-refractivity contribution < 1.29 is 0 Å². The predicted octanol–water partition coefficient (Wildman–Crippen LogP) is 2.17. The fourth-order valence-corrected chi connectivity index (χ4v) is 3.04. The number of nitrogens with one attached hydrogen (secondary N) is 1. The van der Waals surface area contributed by atoms with Gasteiger partial charge in [0.1, 0.15) is 11.3 Å². The first-order valence-corrected chi connectivity index (χ1v) is 8.20. The normalized spacial score (nSPS) is 17.4. The Morgan fingerprint density at radius 2 is 2.08 bits per heavy atom. The lowest BCUT2D eigenvalue weighted by molar-refractivity contribution is 0.751. The van der Waals surface area contributed by atoms with Crippen molar-refractivity contribution in [2.75, 3.05) is 23.3 Å². The third-order valence-corrected chi connectivity index (χ3v) is 4.30. The fraction of sp³-hybridized carbons (Fsp3) is 0.278. The number of rotatable bonds is 4. The highest BCUT2D eigenvalue weighted by molar-refractivity contribution is 5.86. The van der Waals surface area contributed by atoms with E-state index in [2.05, 4.69) is 20.2 Å². The molecule has 1 saturated heterocycles. The first kappa shape index (κ1) is 14.8. The van der Waals surface area contributed by atoms with Crippen molar-refractivity contribution in [3.05, 3.63) is 54.5 Å².